The maximum atomic E-state index is 6.35. The van der Waals surface area contributed by atoms with E-state index in [2.05, 4.69) is 48.5 Å². The molecule has 1 saturated heterocycles. The van der Waals surface area contributed by atoms with Crippen LogP contribution in [0.1, 0.15) is 11.1 Å². The number of epoxide rings is 1. The molecule has 1 heterocycles. The zero-order chi connectivity index (χ0) is 15.0. The lowest BCUT2D eigenvalue weighted by molar-refractivity contribution is 0.349. The van der Waals surface area contributed by atoms with Gasteiger partial charge in [-0.1, -0.05) is 84.4 Å². The molecule has 0 saturated carbocycles. The molecule has 1 aliphatic rings. The van der Waals surface area contributed by atoms with Gasteiger partial charge < -0.3 is 4.74 Å². The van der Waals surface area contributed by atoms with Crippen molar-refractivity contribution in [2.45, 2.75) is 5.60 Å². The van der Waals surface area contributed by atoms with Crippen molar-refractivity contribution in [2.75, 3.05) is 6.61 Å². The highest BCUT2D eigenvalue weighted by atomic mass is 35.5. The van der Waals surface area contributed by atoms with Crippen molar-refractivity contribution in [3.63, 3.8) is 0 Å². The van der Waals surface area contributed by atoms with Crippen molar-refractivity contribution < 1.29 is 4.74 Å². The van der Waals surface area contributed by atoms with Crippen molar-refractivity contribution in [1.82, 2.24) is 0 Å². The summed E-state index contributed by atoms with van der Waals surface area (Å²) in [6.45, 7) is 0.682. The van der Waals surface area contributed by atoms with Gasteiger partial charge in [-0.15, -0.1) is 0 Å². The SMILES string of the molecule is Clc1ccccc1C1(c2ccc(-c3ccccc3)cc2)CO1. The van der Waals surface area contributed by atoms with E-state index in [0.717, 1.165) is 16.1 Å². The molecular formula is C20H15ClO. The molecule has 0 aromatic heterocycles. The molecule has 3 aromatic rings. The van der Waals surface area contributed by atoms with E-state index >= 15 is 0 Å². The molecule has 0 N–H and O–H groups in total. The molecule has 1 fully saturated rings. The van der Waals surface area contributed by atoms with Crippen molar-refractivity contribution >= 4 is 11.6 Å². The molecule has 0 aliphatic carbocycles. The number of halogens is 1. The van der Waals surface area contributed by atoms with Gasteiger partial charge >= 0.3 is 0 Å². The summed E-state index contributed by atoms with van der Waals surface area (Å²) in [7, 11) is 0. The lowest BCUT2D eigenvalue weighted by Crippen LogP contribution is -2.11. The van der Waals surface area contributed by atoms with Crippen LogP contribution in [0.3, 0.4) is 0 Å². The second-order valence-corrected chi connectivity index (χ2v) is 5.95. The summed E-state index contributed by atoms with van der Waals surface area (Å²) in [5.74, 6) is 0. The van der Waals surface area contributed by atoms with Crippen LogP contribution in [-0.2, 0) is 10.3 Å². The molecule has 0 bridgehead atoms. The smallest absolute Gasteiger partial charge is 0.143 e. The molecule has 2 heteroatoms. The van der Waals surface area contributed by atoms with Crippen molar-refractivity contribution in [2.24, 2.45) is 0 Å². The Morgan fingerprint density at radius 1 is 0.727 bits per heavy atom. The van der Waals surface area contributed by atoms with Crippen LogP contribution in [0, 0.1) is 0 Å². The number of benzene rings is 3. The Kier molecular flexibility index (Phi) is 3.25. The van der Waals surface area contributed by atoms with Gasteiger partial charge in [-0.2, -0.15) is 0 Å². The Morgan fingerprint density at radius 3 is 1.95 bits per heavy atom. The highest BCUT2D eigenvalue weighted by Gasteiger charge is 2.49. The van der Waals surface area contributed by atoms with E-state index in [4.69, 9.17) is 16.3 Å². The first-order valence-corrected chi connectivity index (χ1v) is 7.72. The van der Waals surface area contributed by atoms with Gasteiger partial charge in [0.25, 0.3) is 0 Å². The van der Waals surface area contributed by atoms with Crippen LogP contribution in [0.4, 0.5) is 0 Å². The second-order valence-electron chi connectivity index (χ2n) is 5.54. The summed E-state index contributed by atoms with van der Waals surface area (Å²) < 4.78 is 5.81. The minimum absolute atomic E-state index is 0.367. The number of hydrogen-bond donors (Lipinski definition) is 0. The molecule has 0 radical (unpaired) electrons. The molecule has 1 atom stereocenters. The number of ether oxygens (including phenoxy) is 1. The molecule has 108 valence electrons. The Hall–Kier alpha value is -2.09. The molecule has 3 aromatic carbocycles. The van der Waals surface area contributed by atoms with E-state index in [0.29, 0.717) is 6.61 Å². The first-order chi connectivity index (χ1) is 10.8. The van der Waals surface area contributed by atoms with Crippen molar-refractivity contribution in [3.8, 4) is 11.1 Å². The average molecular weight is 307 g/mol. The highest BCUT2D eigenvalue weighted by Crippen LogP contribution is 2.47. The summed E-state index contributed by atoms with van der Waals surface area (Å²) >= 11 is 6.35. The summed E-state index contributed by atoms with van der Waals surface area (Å²) in [5, 5.41) is 0.757. The van der Waals surface area contributed by atoms with Crippen LogP contribution >= 0.6 is 11.6 Å². The highest BCUT2D eigenvalue weighted by molar-refractivity contribution is 6.31. The Morgan fingerprint density at radius 2 is 1.32 bits per heavy atom. The zero-order valence-electron chi connectivity index (χ0n) is 12.0. The first-order valence-electron chi connectivity index (χ1n) is 7.34. The summed E-state index contributed by atoms with van der Waals surface area (Å²) in [6, 6.07) is 26.8. The molecule has 1 nitrogen and oxygen atoms in total. The fourth-order valence-corrected chi connectivity index (χ4v) is 3.19. The summed E-state index contributed by atoms with van der Waals surface area (Å²) in [5.41, 5.74) is 4.26. The molecule has 1 unspecified atom stereocenters. The van der Waals surface area contributed by atoms with E-state index in [1.165, 1.54) is 11.1 Å². The number of rotatable bonds is 3. The molecule has 22 heavy (non-hydrogen) atoms. The zero-order valence-corrected chi connectivity index (χ0v) is 12.8. The standard InChI is InChI=1S/C20H15ClO/c21-19-9-5-4-8-18(19)20(14-22-20)17-12-10-16(11-13-17)15-6-2-1-3-7-15/h1-13H,14H2. The van der Waals surface area contributed by atoms with Gasteiger partial charge in [-0.3, -0.25) is 0 Å². The average Bonchev–Trinajstić information content (AvgIpc) is 3.38. The second kappa shape index (κ2) is 5.28. The Balaban J connectivity index is 1.71. The molecule has 4 rings (SSSR count). The van der Waals surface area contributed by atoms with Gasteiger partial charge in [0.1, 0.15) is 5.60 Å². The fraction of sp³-hybridized carbons (Fsp3) is 0.100. The van der Waals surface area contributed by atoms with Crippen LogP contribution in [0.25, 0.3) is 11.1 Å². The van der Waals surface area contributed by atoms with E-state index in [-0.39, 0.29) is 5.60 Å². The summed E-state index contributed by atoms with van der Waals surface area (Å²) in [4.78, 5) is 0. The third-order valence-electron chi connectivity index (χ3n) is 4.20. The van der Waals surface area contributed by atoms with Crippen LogP contribution < -0.4 is 0 Å². The van der Waals surface area contributed by atoms with E-state index in [9.17, 15) is 0 Å². The summed E-state index contributed by atoms with van der Waals surface area (Å²) in [6.07, 6.45) is 0. The first kappa shape index (κ1) is 13.6. The van der Waals surface area contributed by atoms with Gasteiger partial charge in [-0.05, 0) is 22.8 Å². The Labute approximate surface area is 135 Å². The fourth-order valence-electron chi connectivity index (χ4n) is 2.90. The van der Waals surface area contributed by atoms with Gasteiger partial charge in [-0.25, -0.2) is 0 Å². The third-order valence-corrected chi connectivity index (χ3v) is 4.53. The van der Waals surface area contributed by atoms with Gasteiger partial charge in [0, 0.05) is 10.6 Å². The predicted octanol–water partition coefficient (Wildman–Crippen LogP) is 5.28. The minimum atomic E-state index is -0.367. The minimum Gasteiger partial charge on any atom is -0.359 e. The number of hydrogen-bond acceptors (Lipinski definition) is 1. The van der Waals surface area contributed by atoms with Crippen LogP contribution in [-0.4, -0.2) is 6.61 Å². The van der Waals surface area contributed by atoms with Crippen LogP contribution in [0.2, 0.25) is 5.02 Å². The molecule has 0 spiro atoms. The van der Waals surface area contributed by atoms with E-state index < -0.39 is 0 Å². The van der Waals surface area contributed by atoms with E-state index in [1.54, 1.807) is 0 Å². The normalized spacial score (nSPS) is 19.9. The topological polar surface area (TPSA) is 12.5 Å². The van der Waals surface area contributed by atoms with Gasteiger partial charge in [0.2, 0.25) is 0 Å². The lowest BCUT2D eigenvalue weighted by Gasteiger charge is -2.15. The van der Waals surface area contributed by atoms with Crippen molar-refractivity contribution in [1.29, 1.82) is 0 Å². The molecule has 0 amide bonds. The van der Waals surface area contributed by atoms with Gasteiger partial charge in [0.05, 0.1) is 6.61 Å². The lowest BCUT2D eigenvalue weighted by atomic mass is 9.90. The molecule has 1 aliphatic heterocycles. The maximum Gasteiger partial charge on any atom is 0.143 e. The maximum absolute atomic E-state index is 6.35. The third kappa shape index (κ3) is 2.23. The predicted molar refractivity (Wildman–Crippen MR) is 90.1 cm³/mol. The van der Waals surface area contributed by atoms with Crippen LogP contribution in [0.5, 0.6) is 0 Å². The Bertz CT molecular complexity index is 789. The van der Waals surface area contributed by atoms with Gasteiger partial charge in [0.15, 0.2) is 0 Å². The quantitative estimate of drug-likeness (QED) is 0.600. The van der Waals surface area contributed by atoms with Crippen molar-refractivity contribution in [3.05, 3.63) is 95.0 Å². The molecular weight excluding hydrogens is 292 g/mol. The largest absolute Gasteiger partial charge is 0.359 e. The van der Waals surface area contributed by atoms with Crippen LogP contribution in [0.15, 0.2) is 78.9 Å². The van der Waals surface area contributed by atoms with E-state index in [1.807, 2.05) is 30.3 Å². The monoisotopic (exact) mass is 306 g/mol.